The number of sulfonamides is 1. The third-order valence-corrected chi connectivity index (χ3v) is 6.59. The van der Waals surface area contributed by atoms with Gasteiger partial charge in [0.15, 0.2) is 23.0 Å². The van der Waals surface area contributed by atoms with Crippen LogP contribution in [0.1, 0.15) is 12.8 Å². The standard InChI is InChI=1S/C21H24N2O7S/c1-27-16-7-5-14(11-18(16)28-2)22-31(25,26)15-6-8-17-19(12-15)29-13-20(30-17)21(24)23-9-3-4-10-23/h5-8,11-12,20,22H,3-4,9-10,13H2,1-2H3. The van der Waals surface area contributed by atoms with Gasteiger partial charge >= 0.3 is 0 Å². The van der Waals surface area contributed by atoms with Crippen LogP contribution in [-0.4, -0.2) is 59.2 Å². The molecular weight excluding hydrogens is 424 g/mol. The predicted molar refractivity (Wildman–Crippen MR) is 113 cm³/mol. The lowest BCUT2D eigenvalue weighted by molar-refractivity contribution is -0.140. The molecule has 1 amide bonds. The van der Waals surface area contributed by atoms with Crippen molar-refractivity contribution in [3.05, 3.63) is 36.4 Å². The van der Waals surface area contributed by atoms with Gasteiger partial charge in [0.25, 0.3) is 15.9 Å². The van der Waals surface area contributed by atoms with Crippen LogP contribution in [0, 0.1) is 0 Å². The van der Waals surface area contributed by atoms with E-state index in [4.69, 9.17) is 18.9 Å². The van der Waals surface area contributed by atoms with Gasteiger partial charge in [-0.1, -0.05) is 0 Å². The summed E-state index contributed by atoms with van der Waals surface area (Å²) in [5.41, 5.74) is 0.323. The number of benzene rings is 2. The van der Waals surface area contributed by atoms with Crippen molar-refractivity contribution in [1.82, 2.24) is 4.90 Å². The minimum absolute atomic E-state index is 0.00829. The number of likely N-dealkylation sites (tertiary alicyclic amines) is 1. The molecule has 1 unspecified atom stereocenters. The summed E-state index contributed by atoms with van der Waals surface area (Å²) < 4.78 is 50.0. The molecule has 0 saturated carbocycles. The van der Waals surface area contributed by atoms with Gasteiger partial charge in [-0.25, -0.2) is 8.42 Å². The number of rotatable bonds is 6. The molecule has 1 atom stereocenters. The third kappa shape index (κ3) is 4.34. The number of hydrogen-bond acceptors (Lipinski definition) is 7. The molecule has 10 heteroatoms. The van der Waals surface area contributed by atoms with E-state index < -0.39 is 16.1 Å². The van der Waals surface area contributed by atoms with Gasteiger partial charge in [0.05, 0.1) is 24.8 Å². The van der Waals surface area contributed by atoms with Crippen LogP contribution < -0.4 is 23.7 Å². The molecule has 1 saturated heterocycles. The number of fused-ring (bicyclic) bond motifs is 1. The summed E-state index contributed by atoms with van der Waals surface area (Å²) in [5.74, 6) is 1.41. The van der Waals surface area contributed by atoms with E-state index in [1.54, 1.807) is 17.0 Å². The van der Waals surface area contributed by atoms with Crippen LogP contribution in [0.2, 0.25) is 0 Å². The minimum Gasteiger partial charge on any atom is -0.493 e. The van der Waals surface area contributed by atoms with Gasteiger partial charge in [0, 0.05) is 25.2 Å². The lowest BCUT2D eigenvalue weighted by atomic mass is 10.2. The smallest absolute Gasteiger partial charge is 0.267 e. The number of ether oxygens (including phenoxy) is 4. The molecule has 166 valence electrons. The average molecular weight is 448 g/mol. The summed E-state index contributed by atoms with van der Waals surface area (Å²) in [5, 5.41) is 0. The Kier molecular flexibility index (Phi) is 5.81. The zero-order valence-electron chi connectivity index (χ0n) is 17.3. The van der Waals surface area contributed by atoms with Crippen molar-refractivity contribution in [2.45, 2.75) is 23.8 Å². The van der Waals surface area contributed by atoms with Crippen LogP contribution in [0.4, 0.5) is 5.69 Å². The summed E-state index contributed by atoms with van der Waals surface area (Å²) in [4.78, 5) is 14.3. The molecule has 2 aliphatic rings. The van der Waals surface area contributed by atoms with Gasteiger partial charge in [-0.15, -0.1) is 0 Å². The van der Waals surface area contributed by atoms with Crippen molar-refractivity contribution >= 4 is 21.6 Å². The second kappa shape index (κ2) is 8.54. The van der Waals surface area contributed by atoms with E-state index in [0.717, 1.165) is 25.9 Å². The number of amides is 1. The van der Waals surface area contributed by atoms with Crippen molar-refractivity contribution in [3.63, 3.8) is 0 Å². The number of nitrogens with one attached hydrogen (secondary N) is 1. The molecule has 4 rings (SSSR count). The first kappa shape index (κ1) is 21.1. The van der Waals surface area contributed by atoms with Gasteiger partial charge < -0.3 is 23.8 Å². The van der Waals surface area contributed by atoms with Crippen molar-refractivity contribution in [1.29, 1.82) is 0 Å². The van der Waals surface area contributed by atoms with Crippen molar-refractivity contribution in [2.24, 2.45) is 0 Å². The predicted octanol–water partition coefficient (Wildman–Crippen LogP) is 2.27. The molecule has 31 heavy (non-hydrogen) atoms. The van der Waals surface area contributed by atoms with Crippen LogP contribution in [0.25, 0.3) is 0 Å². The first-order valence-electron chi connectivity index (χ1n) is 9.88. The maximum Gasteiger partial charge on any atom is 0.267 e. The Morgan fingerprint density at radius 2 is 1.77 bits per heavy atom. The molecule has 2 heterocycles. The molecule has 2 aromatic carbocycles. The first-order chi connectivity index (χ1) is 14.9. The number of carbonyl (C=O) groups is 1. The zero-order chi connectivity index (χ0) is 22.0. The van der Waals surface area contributed by atoms with Gasteiger partial charge in [0.1, 0.15) is 6.61 Å². The molecule has 0 aliphatic carbocycles. The molecule has 9 nitrogen and oxygen atoms in total. The number of methoxy groups -OCH3 is 2. The highest BCUT2D eigenvalue weighted by molar-refractivity contribution is 7.92. The van der Waals surface area contributed by atoms with Gasteiger partial charge in [-0.05, 0) is 37.1 Å². The van der Waals surface area contributed by atoms with Crippen molar-refractivity contribution < 1.29 is 32.2 Å². The molecule has 1 N–H and O–H groups in total. The SMILES string of the molecule is COc1ccc(NS(=O)(=O)c2ccc3c(c2)OCC(C(=O)N2CCCC2)O3)cc1OC. The maximum absolute atomic E-state index is 12.8. The van der Waals surface area contributed by atoms with Crippen LogP contribution >= 0.6 is 0 Å². The Balaban J connectivity index is 1.50. The van der Waals surface area contributed by atoms with E-state index in [1.807, 2.05) is 0 Å². The number of anilines is 1. The van der Waals surface area contributed by atoms with E-state index in [2.05, 4.69) is 4.72 Å². The topological polar surface area (TPSA) is 103 Å². The summed E-state index contributed by atoms with van der Waals surface area (Å²) >= 11 is 0. The monoisotopic (exact) mass is 448 g/mol. The van der Waals surface area contributed by atoms with E-state index >= 15 is 0 Å². The molecule has 0 bridgehead atoms. The van der Waals surface area contributed by atoms with E-state index in [9.17, 15) is 13.2 Å². The summed E-state index contributed by atoms with van der Waals surface area (Å²) in [6.07, 6.45) is 1.26. The largest absolute Gasteiger partial charge is 0.493 e. The van der Waals surface area contributed by atoms with E-state index in [-0.39, 0.29) is 23.2 Å². The lowest BCUT2D eigenvalue weighted by Gasteiger charge is -2.28. The molecule has 0 spiro atoms. The minimum atomic E-state index is -3.89. The highest BCUT2D eigenvalue weighted by atomic mass is 32.2. The first-order valence-corrected chi connectivity index (χ1v) is 11.4. The summed E-state index contributed by atoms with van der Waals surface area (Å²) in [7, 11) is -0.920. The van der Waals surface area contributed by atoms with Gasteiger partial charge in [0.2, 0.25) is 6.10 Å². The van der Waals surface area contributed by atoms with Crippen molar-refractivity contribution in [2.75, 3.05) is 38.6 Å². The Labute approximate surface area is 180 Å². The Morgan fingerprint density at radius 3 is 2.48 bits per heavy atom. The summed E-state index contributed by atoms with van der Waals surface area (Å²) in [6, 6.07) is 9.01. The second-order valence-electron chi connectivity index (χ2n) is 7.23. The number of carbonyl (C=O) groups excluding carboxylic acids is 1. The van der Waals surface area contributed by atoms with Crippen LogP contribution in [0.15, 0.2) is 41.3 Å². The molecule has 2 aromatic rings. The third-order valence-electron chi connectivity index (χ3n) is 5.21. The fraction of sp³-hybridized carbons (Fsp3) is 0.381. The molecule has 2 aliphatic heterocycles. The molecular formula is C21H24N2O7S. The Bertz CT molecular complexity index is 1080. The second-order valence-corrected chi connectivity index (χ2v) is 8.92. The fourth-order valence-corrected chi connectivity index (χ4v) is 4.66. The number of hydrogen-bond donors (Lipinski definition) is 1. The Morgan fingerprint density at radius 1 is 1.03 bits per heavy atom. The normalized spacial score (nSPS) is 17.9. The van der Waals surface area contributed by atoms with Gasteiger partial charge in [-0.3, -0.25) is 9.52 Å². The average Bonchev–Trinajstić information content (AvgIpc) is 3.32. The zero-order valence-corrected chi connectivity index (χ0v) is 18.1. The lowest BCUT2D eigenvalue weighted by Crippen LogP contribution is -2.45. The fourth-order valence-electron chi connectivity index (χ4n) is 3.60. The highest BCUT2D eigenvalue weighted by Gasteiger charge is 2.33. The highest BCUT2D eigenvalue weighted by Crippen LogP contribution is 2.36. The van der Waals surface area contributed by atoms with E-state index in [1.165, 1.54) is 38.5 Å². The molecule has 0 radical (unpaired) electrons. The van der Waals surface area contributed by atoms with Crippen molar-refractivity contribution in [3.8, 4) is 23.0 Å². The van der Waals surface area contributed by atoms with Crippen LogP contribution in [-0.2, 0) is 14.8 Å². The quantitative estimate of drug-likeness (QED) is 0.723. The molecule has 1 fully saturated rings. The number of nitrogens with zero attached hydrogens (tertiary/aromatic N) is 1. The van der Waals surface area contributed by atoms with E-state index in [0.29, 0.717) is 22.9 Å². The molecule has 0 aromatic heterocycles. The van der Waals surface area contributed by atoms with Crippen LogP contribution in [0.3, 0.4) is 0 Å². The Hall–Kier alpha value is -3.14. The summed E-state index contributed by atoms with van der Waals surface area (Å²) in [6.45, 7) is 1.49. The van der Waals surface area contributed by atoms with Crippen LogP contribution in [0.5, 0.6) is 23.0 Å². The maximum atomic E-state index is 12.8. The van der Waals surface area contributed by atoms with Gasteiger partial charge in [-0.2, -0.15) is 0 Å².